The minimum atomic E-state index is 0.0371. The van der Waals surface area contributed by atoms with E-state index in [0.29, 0.717) is 6.04 Å². The Morgan fingerprint density at radius 1 is 1.19 bits per heavy atom. The van der Waals surface area contributed by atoms with Gasteiger partial charge in [0.25, 0.3) is 0 Å². The van der Waals surface area contributed by atoms with Gasteiger partial charge in [-0.2, -0.15) is 0 Å². The Labute approximate surface area is 130 Å². The van der Waals surface area contributed by atoms with Gasteiger partial charge in [-0.25, -0.2) is 4.98 Å². The van der Waals surface area contributed by atoms with Crippen molar-refractivity contribution < 1.29 is 4.74 Å². The largest absolute Gasteiger partial charge is 0.478 e. The Bertz CT molecular complexity index is 422. The van der Waals surface area contributed by atoms with Crippen LogP contribution in [0.1, 0.15) is 72.1 Å². The molecule has 0 unspecified atom stereocenters. The summed E-state index contributed by atoms with van der Waals surface area (Å²) in [7, 11) is 0. The second-order valence-electron chi connectivity index (χ2n) is 7.04. The molecule has 1 aromatic rings. The zero-order valence-corrected chi connectivity index (χ0v) is 14.6. The molecule has 1 N–H and O–H groups in total. The Kier molecular flexibility index (Phi) is 7.16. The molecule has 3 nitrogen and oxygen atoms in total. The highest BCUT2D eigenvalue weighted by molar-refractivity contribution is 5.28. The summed E-state index contributed by atoms with van der Waals surface area (Å²) in [6.45, 7) is 14.7. The van der Waals surface area contributed by atoms with Gasteiger partial charge in [0.05, 0.1) is 12.3 Å². The van der Waals surface area contributed by atoms with Crippen LogP contribution in [0.15, 0.2) is 12.1 Å². The number of pyridine rings is 1. The molecule has 1 aromatic heterocycles. The Hall–Kier alpha value is -1.09. The van der Waals surface area contributed by atoms with E-state index in [-0.39, 0.29) is 5.41 Å². The van der Waals surface area contributed by atoms with Crippen molar-refractivity contribution in [2.45, 2.75) is 78.8 Å². The minimum absolute atomic E-state index is 0.0371. The predicted octanol–water partition coefficient (Wildman–Crippen LogP) is 4.45. The number of aromatic nitrogens is 1. The molecule has 3 heteroatoms. The van der Waals surface area contributed by atoms with Gasteiger partial charge in [0.1, 0.15) is 0 Å². The molecule has 1 heterocycles. The lowest BCUT2D eigenvalue weighted by molar-refractivity contribution is 0.292. The molecule has 0 amide bonds. The highest BCUT2D eigenvalue weighted by Gasteiger charge is 2.17. The standard InChI is InChI=1S/C18H32N2O/c1-7-8-9-10-21-17-12-15(13-19-14(2)3)11-16(20-17)18(4,5)6/h11-12,14,19H,7-10,13H2,1-6H3. The first kappa shape index (κ1) is 18.0. The van der Waals surface area contributed by atoms with E-state index in [1.54, 1.807) is 0 Å². The van der Waals surface area contributed by atoms with E-state index in [4.69, 9.17) is 4.74 Å². The highest BCUT2D eigenvalue weighted by atomic mass is 16.5. The third kappa shape index (κ3) is 6.94. The summed E-state index contributed by atoms with van der Waals surface area (Å²) >= 11 is 0. The summed E-state index contributed by atoms with van der Waals surface area (Å²) < 4.78 is 5.85. The van der Waals surface area contributed by atoms with E-state index >= 15 is 0 Å². The summed E-state index contributed by atoms with van der Waals surface area (Å²) in [5.74, 6) is 0.763. The molecule has 1 rings (SSSR count). The summed E-state index contributed by atoms with van der Waals surface area (Å²) in [5.41, 5.74) is 2.38. The first-order valence-corrected chi connectivity index (χ1v) is 8.20. The second-order valence-corrected chi connectivity index (χ2v) is 7.04. The molecule has 120 valence electrons. The quantitative estimate of drug-likeness (QED) is 0.719. The van der Waals surface area contributed by atoms with Crippen molar-refractivity contribution in [1.29, 1.82) is 0 Å². The number of hydrogen-bond donors (Lipinski definition) is 1. The lowest BCUT2D eigenvalue weighted by Gasteiger charge is -2.20. The molecule has 21 heavy (non-hydrogen) atoms. The van der Waals surface area contributed by atoms with Crippen LogP contribution in [-0.2, 0) is 12.0 Å². The molecule has 0 atom stereocenters. The van der Waals surface area contributed by atoms with Crippen molar-refractivity contribution in [3.8, 4) is 5.88 Å². The Balaban J connectivity index is 2.82. The topological polar surface area (TPSA) is 34.1 Å². The van der Waals surface area contributed by atoms with Crippen LogP contribution in [0.4, 0.5) is 0 Å². The predicted molar refractivity (Wildman–Crippen MR) is 89.9 cm³/mol. The second kappa shape index (κ2) is 8.38. The maximum absolute atomic E-state index is 5.85. The molecule has 0 aliphatic rings. The van der Waals surface area contributed by atoms with E-state index in [1.165, 1.54) is 18.4 Å². The fourth-order valence-corrected chi connectivity index (χ4v) is 1.97. The van der Waals surface area contributed by atoms with Gasteiger partial charge in [0.15, 0.2) is 0 Å². The third-order valence-electron chi connectivity index (χ3n) is 3.34. The smallest absolute Gasteiger partial charge is 0.213 e. The molecule has 0 radical (unpaired) electrons. The average molecular weight is 292 g/mol. The molecule has 0 aromatic carbocycles. The number of ether oxygens (including phenoxy) is 1. The van der Waals surface area contributed by atoms with E-state index < -0.39 is 0 Å². The van der Waals surface area contributed by atoms with Gasteiger partial charge in [-0.15, -0.1) is 0 Å². The van der Waals surface area contributed by atoms with Gasteiger partial charge in [-0.3, -0.25) is 0 Å². The van der Waals surface area contributed by atoms with Crippen molar-refractivity contribution in [1.82, 2.24) is 10.3 Å². The highest BCUT2D eigenvalue weighted by Crippen LogP contribution is 2.24. The van der Waals surface area contributed by atoms with Crippen LogP contribution in [0, 0.1) is 0 Å². The van der Waals surface area contributed by atoms with Crippen molar-refractivity contribution in [2.24, 2.45) is 0 Å². The third-order valence-corrected chi connectivity index (χ3v) is 3.34. The SMILES string of the molecule is CCCCCOc1cc(CNC(C)C)cc(C(C)(C)C)n1. The molecule has 0 bridgehead atoms. The van der Waals surface area contributed by atoms with Crippen molar-refractivity contribution in [3.05, 3.63) is 23.4 Å². The maximum Gasteiger partial charge on any atom is 0.213 e. The van der Waals surface area contributed by atoms with Crippen LogP contribution >= 0.6 is 0 Å². The number of nitrogens with zero attached hydrogens (tertiary/aromatic N) is 1. The van der Waals surface area contributed by atoms with Gasteiger partial charge in [-0.1, -0.05) is 54.4 Å². The van der Waals surface area contributed by atoms with Crippen LogP contribution in [0.25, 0.3) is 0 Å². The summed E-state index contributed by atoms with van der Waals surface area (Å²) in [6, 6.07) is 4.73. The monoisotopic (exact) mass is 292 g/mol. The average Bonchev–Trinajstić information content (AvgIpc) is 2.40. The number of unbranched alkanes of at least 4 members (excludes halogenated alkanes) is 2. The molecular weight excluding hydrogens is 260 g/mol. The summed E-state index contributed by atoms with van der Waals surface area (Å²) in [6.07, 6.45) is 3.51. The number of nitrogens with one attached hydrogen (secondary N) is 1. The molecule has 0 fully saturated rings. The van der Waals surface area contributed by atoms with Crippen molar-refractivity contribution in [3.63, 3.8) is 0 Å². The zero-order chi connectivity index (χ0) is 15.9. The first-order chi connectivity index (χ1) is 9.82. The first-order valence-electron chi connectivity index (χ1n) is 8.20. The minimum Gasteiger partial charge on any atom is -0.478 e. The summed E-state index contributed by atoms with van der Waals surface area (Å²) in [4.78, 5) is 4.68. The fraction of sp³-hybridized carbons (Fsp3) is 0.722. The Morgan fingerprint density at radius 3 is 2.48 bits per heavy atom. The van der Waals surface area contributed by atoms with Crippen LogP contribution in [0.2, 0.25) is 0 Å². The lowest BCUT2D eigenvalue weighted by Crippen LogP contribution is -2.23. The summed E-state index contributed by atoms with van der Waals surface area (Å²) in [5, 5.41) is 3.46. The van der Waals surface area contributed by atoms with Gasteiger partial charge in [-0.05, 0) is 18.1 Å². The van der Waals surface area contributed by atoms with Gasteiger partial charge < -0.3 is 10.1 Å². The Morgan fingerprint density at radius 2 is 1.90 bits per heavy atom. The number of rotatable bonds is 8. The normalized spacial score (nSPS) is 12.0. The fourth-order valence-electron chi connectivity index (χ4n) is 1.97. The maximum atomic E-state index is 5.85. The lowest BCUT2D eigenvalue weighted by atomic mass is 9.91. The van der Waals surface area contributed by atoms with Gasteiger partial charge >= 0.3 is 0 Å². The van der Waals surface area contributed by atoms with Crippen LogP contribution < -0.4 is 10.1 Å². The van der Waals surface area contributed by atoms with E-state index in [2.05, 4.69) is 64.0 Å². The molecule has 0 spiro atoms. The van der Waals surface area contributed by atoms with E-state index in [0.717, 1.165) is 31.1 Å². The molecule has 0 saturated heterocycles. The zero-order valence-electron chi connectivity index (χ0n) is 14.6. The van der Waals surface area contributed by atoms with Crippen LogP contribution in [0.3, 0.4) is 0 Å². The van der Waals surface area contributed by atoms with Crippen LogP contribution in [-0.4, -0.2) is 17.6 Å². The van der Waals surface area contributed by atoms with Crippen LogP contribution in [0.5, 0.6) is 5.88 Å². The number of hydrogen-bond acceptors (Lipinski definition) is 3. The van der Waals surface area contributed by atoms with Crippen molar-refractivity contribution >= 4 is 0 Å². The van der Waals surface area contributed by atoms with Gasteiger partial charge in [0.2, 0.25) is 5.88 Å². The van der Waals surface area contributed by atoms with E-state index in [1.807, 2.05) is 0 Å². The molecule has 0 saturated carbocycles. The molecular formula is C18H32N2O. The van der Waals surface area contributed by atoms with E-state index in [9.17, 15) is 0 Å². The molecule has 0 aliphatic carbocycles. The molecule has 0 aliphatic heterocycles. The van der Waals surface area contributed by atoms with Gasteiger partial charge in [0, 0.05) is 24.1 Å². The van der Waals surface area contributed by atoms with Crippen molar-refractivity contribution in [2.75, 3.05) is 6.61 Å².